The number of carbonyl (C=O) groups excluding carboxylic acids is 1. The molecule has 0 heterocycles. The van der Waals surface area contributed by atoms with Crippen LogP contribution in [0.1, 0.15) is 13.3 Å². The summed E-state index contributed by atoms with van der Waals surface area (Å²) in [4.78, 5) is 20.9. The first kappa shape index (κ1) is 10.2. The fraction of sp³-hybridized carbons (Fsp3) is 0.222. The summed E-state index contributed by atoms with van der Waals surface area (Å²) in [6, 6.07) is 5.85. The third kappa shape index (κ3) is 2.55. The molecule has 0 spiro atoms. The molecule has 5 nitrogen and oxygen atoms in total. The van der Waals surface area contributed by atoms with E-state index < -0.39 is 4.92 Å². The molecule has 1 aromatic rings. The lowest BCUT2D eigenvalue weighted by Gasteiger charge is -2.01. The van der Waals surface area contributed by atoms with Crippen LogP contribution in [0, 0.1) is 10.1 Å². The summed E-state index contributed by atoms with van der Waals surface area (Å²) in [5.74, 6) is -0.162. The van der Waals surface area contributed by atoms with E-state index in [9.17, 15) is 14.9 Å². The number of nitro benzene ring substituents is 1. The predicted octanol–water partition coefficient (Wildman–Crippen LogP) is 1.94. The van der Waals surface area contributed by atoms with Gasteiger partial charge in [0.1, 0.15) is 0 Å². The van der Waals surface area contributed by atoms with Crippen molar-refractivity contribution in [1.82, 2.24) is 0 Å². The topological polar surface area (TPSA) is 72.2 Å². The SMILES string of the molecule is CCC(=O)Nc1cccc([N+](=O)[O-])c1. The lowest BCUT2D eigenvalue weighted by molar-refractivity contribution is -0.384. The molecule has 14 heavy (non-hydrogen) atoms. The molecule has 0 radical (unpaired) electrons. The van der Waals surface area contributed by atoms with Gasteiger partial charge in [-0.15, -0.1) is 0 Å². The van der Waals surface area contributed by atoms with E-state index in [4.69, 9.17) is 0 Å². The monoisotopic (exact) mass is 194 g/mol. The van der Waals surface area contributed by atoms with Crippen molar-refractivity contribution in [3.63, 3.8) is 0 Å². The number of nitro groups is 1. The van der Waals surface area contributed by atoms with Crippen LogP contribution in [0.25, 0.3) is 0 Å². The maximum atomic E-state index is 11.0. The first-order chi connectivity index (χ1) is 6.63. The maximum Gasteiger partial charge on any atom is 0.271 e. The number of non-ortho nitro benzene ring substituents is 1. The fourth-order valence-corrected chi connectivity index (χ4v) is 0.947. The molecule has 0 aliphatic carbocycles. The van der Waals surface area contributed by atoms with E-state index >= 15 is 0 Å². The van der Waals surface area contributed by atoms with E-state index in [2.05, 4.69) is 5.32 Å². The summed E-state index contributed by atoms with van der Waals surface area (Å²) in [5, 5.41) is 12.9. The van der Waals surface area contributed by atoms with Crippen molar-refractivity contribution >= 4 is 17.3 Å². The molecule has 1 rings (SSSR count). The van der Waals surface area contributed by atoms with Crippen molar-refractivity contribution in [3.8, 4) is 0 Å². The minimum atomic E-state index is -0.498. The Morgan fingerprint density at radius 3 is 2.86 bits per heavy atom. The van der Waals surface area contributed by atoms with Crippen LogP contribution in [0.3, 0.4) is 0 Å². The molecule has 0 bridgehead atoms. The number of nitrogens with zero attached hydrogens (tertiary/aromatic N) is 1. The number of amides is 1. The Labute approximate surface area is 80.9 Å². The number of anilines is 1. The van der Waals surface area contributed by atoms with Gasteiger partial charge in [-0.3, -0.25) is 14.9 Å². The molecule has 0 saturated heterocycles. The van der Waals surface area contributed by atoms with E-state index in [1.807, 2.05) is 0 Å². The Morgan fingerprint density at radius 1 is 1.57 bits per heavy atom. The third-order valence-corrected chi connectivity index (χ3v) is 1.66. The van der Waals surface area contributed by atoms with Gasteiger partial charge >= 0.3 is 0 Å². The number of rotatable bonds is 3. The first-order valence-corrected chi connectivity index (χ1v) is 4.17. The van der Waals surface area contributed by atoms with Gasteiger partial charge in [-0.1, -0.05) is 13.0 Å². The predicted molar refractivity (Wildman–Crippen MR) is 52.0 cm³/mol. The van der Waals surface area contributed by atoms with Gasteiger partial charge in [0.2, 0.25) is 5.91 Å². The van der Waals surface area contributed by atoms with Crippen LogP contribution in [0.2, 0.25) is 0 Å². The number of hydrogen-bond donors (Lipinski definition) is 1. The summed E-state index contributed by atoms with van der Waals surface area (Å²) in [7, 11) is 0. The van der Waals surface area contributed by atoms with Crippen LogP contribution in [0.5, 0.6) is 0 Å². The van der Waals surface area contributed by atoms with Gasteiger partial charge in [-0.05, 0) is 6.07 Å². The molecule has 0 aliphatic rings. The third-order valence-electron chi connectivity index (χ3n) is 1.66. The van der Waals surface area contributed by atoms with E-state index in [0.29, 0.717) is 12.1 Å². The normalized spacial score (nSPS) is 9.50. The molecule has 0 aliphatic heterocycles. The van der Waals surface area contributed by atoms with E-state index in [1.165, 1.54) is 18.2 Å². The molecule has 5 heteroatoms. The second kappa shape index (κ2) is 4.36. The smallest absolute Gasteiger partial charge is 0.271 e. The molecule has 0 fully saturated rings. The number of hydrogen-bond acceptors (Lipinski definition) is 3. The van der Waals surface area contributed by atoms with Gasteiger partial charge in [-0.2, -0.15) is 0 Å². The van der Waals surface area contributed by atoms with Crippen LogP contribution in [-0.4, -0.2) is 10.8 Å². The minimum Gasteiger partial charge on any atom is -0.326 e. The summed E-state index contributed by atoms with van der Waals surface area (Å²) < 4.78 is 0. The number of nitrogens with one attached hydrogen (secondary N) is 1. The van der Waals surface area contributed by atoms with Gasteiger partial charge in [0, 0.05) is 24.2 Å². The lowest BCUT2D eigenvalue weighted by atomic mass is 10.3. The van der Waals surface area contributed by atoms with E-state index in [-0.39, 0.29) is 11.6 Å². The Bertz CT molecular complexity index is 363. The lowest BCUT2D eigenvalue weighted by Crippen LogP contribution is -2.09. The minimum absolute atomic E-state index is 0.0288. The van der Waals surface area contributed by atoms with Crippen molar-refractivity contribution in [2.24, 2.45) is 0 Å². The van der Waals surface area contributed by atoms with Crippen LogP contribution >= 0.6 is 0 Å². The number of carbonyl (C=O) groups is 1. The Morgan fingerprint density at radius 2 is 2.29 bits per heavy atom. The van der Waals surface area contributed by atoms with Crippen LogP contribution in [0.4, 0.5) is 11.4 Å². The highest BCUT2D eigenvalue weighted by Crippen LogP contribution is 2.16. The average Bonchev–Trinajstić information content (AvgIpc) is 2.18. The molecular formula is C9H10N2O3. The van der Waals surface area contributed by atoms with Gasteiger partial charge in [0.05, 0.1) is 4.92 Å². The number of benzene rings is 1. The van der Waals surface area contributed by atoms with Crippen molar-refractivity contribution < 1.29 is 9.72 Å². The largest absolute Gasteiger partial charge is 0.326 e. The summed E-state index contributed by atoms with van der Waals surface area (Å²) in [5.41, 5.74) is 0.421. The first-order valence-electron chi connectivity index (χ1n) is 4.17. The Kier molecular flexibility index (Phi) is 3.17. The highest BCUT2D eigenvalue weighted by atomic mass is 16.6. The summed E-state index contributed by atoms with van der Waals surface area (Å²) >= 11 is 0. The van der Waals surface area contributed by atoms with E-state index in [1.54, 1.807) is 13.0 Å². The van der Waals surface area contributed by atoms with E-state index in [0.717, 1.165) is 0 Å². The maximum absolute atomic E-state index is 11.0. The Hall–Kier alpha value is -1.91. The van der Waals surface area contributed by atoms with Crippen molar-refractivity contribution in [2.75, 3.05) is 5.32 Å². The average molecular weight is 194 g/mol. The van der Waals surface area contributed by atoms with Gasteiger partial charge in [0.25, 0.3) is 5.69 Å². The van der Waals surface area contributed by atoms with Crippen molar-refractivity contribution in [3.05, 3.63) is 34.4 Å². The molecule has 0 atom stereocenters. The summed E-state index contributed by atoms with van der Waals surface area (Å²) in [6.07, 6.45) is 0.350. The second-order valence-electron chi connectivity index (χ2n) is 2.71. The highest BCUT2D eigenvalue weighted by Gasteiger charge is 2.06. The zero-order chi connectivity index (χ0) is 10.6. The molecule has 1 amide bonds. The molecule has 0 unspecified atom stereocenters. The van der Waals surface area contributed by atoms with Crippen molar-refractivity contribution in [1.29, 1.82) is 0 Å². The zero-order valence-corrected chi connectivity index (χ0v) is 7.69. The molecular weight excluding hydrogens is 184 g/mol. The fourth-order valence-electron chi connectivity index (χ4n) is 0.947. The molecule has 74 valence electrons. The molecule has 1 aromatic carbocycles. The summed E-state index contributed by atoms with van der Waals surface area (Å²) in [6.45, 7) is 1.71. The van der Waals surface area contributed by atoms with Crippen LogP contribution < -0.4 is 5.32 Å². The van der Waals surface area contributed by atoms with Gasteiger partial charge in [-0.25, -0.2) is 0 Å². The second-order valence-corrected chi connectivity index (χ2v) is 2.71. The van der Waals surface area contributed by atoms with Crippen molar-refractivity contribution in [2.45, 2.75) is 13.3 Å². The van der Waals surface area contributed by atoms with Gasteiger partial charge < -0.3 is 5.32 Å². The van der Waals surface area contributed by atoms with Crippen LogP contribution in [0.15, 0.2) is 24.3 Å². The zero-order valence-electron chi connectivity index (χ0n) is 7.69. The van der Waals surface area contributed by atoms with Gasteiger partial charge in [0.15, 0.2) is 0 Å². The molecule has 0 saturated carbocycles. The standard InChI is InChI=1S/C9H10N2O3/c1-2-9(12)10-7-4-3-5-8(6-7)11(13)14/h3-6H,2H2,1H3,(H,10,12). The van der Waals surface area contributed by atoms with Crippen LogP contribution in [-0.2, 0) is 4.79 Å². The quantitative estimate of drug-likeness (QED) is 0.590. The molecule has 0 aromatic heterocycles. The highest BCUT2D eigenvalue weighted by molar-refractivity contribution is 5.90. The molecule has 1 N–H and O–H groups in total. The Balaban J connectivity index is 2.83.